The zero-order valence-electron chi connectivity index (χ0n) is 14.4. The fraction of sp³-hybridized carbons (Fsp3) is 0.316. The molecular formula is C19H22N2O2S2. The molecule has 0 spiro atoms. The molecule has 0 saturated heterocycles. The summed E-state index contributed by atoms with van der Waals surface area (Å²) >= 11 is 3.48. The predicted octanol–water partition coefficient (Wildman–Crippen LogP) is 4.69. The molecule has 2 heterocycles. The number of aromatic nitrogens is 1. The van der Waals surface area contributed by atoms with Crippen LogP contribution in [0.4, 0.5) is 0 Å². The minimum absolute atomic E-state index is 0.205. The first-order chi connectivity index (χ1) is 12.3. The molecule has 1 N–H and O–H groups in total. The molecule has 1 aromatic carbocycles. The molecule has 6 heteroatoms. The van der Waals surface area contributed by atoms with Crippen LogP contribution in [0, 0.1) is 0 Å². The second-order valence-electron chi connectivity index (χ2n) is 5.51. The quantitative estimate of drug-likeness (QED) is 0.590. The summed E-state index contributed by atoms with van der Waals surface area (Å²) in [5.74, 6) is 1.55. The second-order valence-corrected chi connectivity index (χ2v) is 7.46. The molecule has 0 fully saturated rings. The van der Waals surface area contributed by atoms with Crippen LogP contribution in [0.15, 0.2) is 47.3 Å². The zero-order valence-corrected chi connectivity index (χ0v) is 16.0. The summed E-state index contributed by atoms with van der Waals surface area (Å²) in [5.41, 5.74) is 1.16. The van der Waals surface area contributed by atoms with Crippen LogP contribution >= 0.6 is 22.7 Å². The van der Waals surface area contributed by atoms with Crippen molar-refractivity contribution in [3.05, 3.63) is 62.7 Å². The summed E-state index contributed by atoms with van der Waals surface area (Å²) in [6.45, 7) is 3.34. The number of nitrogens with one attached hydrogen (secondary N) is 1. The summed E-state index contributed by atoms with van der Waals surface area (Å²) < 4.78 is 11.0. The smallest absolute Gasteiger partial charge is 0.161 e. The van der Waals surface area contributed by atoms with Crippen molar-refractivity contribution in [2.45, 2.75) is 25.9 Å². The number of thiophene rings is 1. The van der Waals surface area contributed by atoms with Gasteiger partial charge in [0.05, 0.1) is 19.8 Å². The predicted molar refractivity (Wildman–Crippen MR) is 104 cm³/mol. The van der Waals surface area contributed by atoms with Crippen molar-refractivity contribution in [3.8, 4) is 11.5 Å². The van der Waals surface area contributed by atoms with Crippen LogP contribution in [0.5, 0.6) is 11.5 Å². The largest absolute Gasteiger partial charge is 0.493 e. The van der Waals surface area contributed by atoms with Crippen molar-refractivity contribution >= 4 is 22.7 Å². The van der Waals surface area contributed by atoms with E-state index in [4.69, 9.17) is 9.47 Å². The van der Waals surface area contributed by atoms with Gasteiger partial charge >= 0.3 is 0 Å². The summed E-state index contributed by atoms with van der Waals surface area (Å²) in [5, 5.41) is 8.90. The van der Waals surface area contributed by atoms with E-state index in [-0.39, 0.29) is 6.04 Å². The number of ether oxygens (including phenoxy) is 2. The molecule has 0 radical (unpaired) electrons. The van der Waals surface area contributed by atoms with Crippen molar-refractivity contribution in [3.63, 3.8) is 0 Å². The first-order valence-electron chi connectivity index (χ1n) is 8.25. The molecule has 0 bridgehead atoms. The van der Waals surface area contributed by atoms with Crippen molar-refractivity contribution in [1.29, 1.82) is 0 Å². The van der Waals surface area contributed by atoms with Gasteiger partial charge in [-0.15, -0.1) is 22.7 Å². The maximum atomic E-state index is 5.67. The summed E-state index contributed by atoms with van der Waals surface area (Å²) in [4.78, 5) is 5.86. The lowest BCUT2D eigenvalue weighted by Gasteiger charge is -2.17. The second kappa shape index (κ2) is 8.99. The topological polar surface area (TPSA) is 43.4 Å². The van der Waals surface area contributed by atoms with Crippen LogP contribution in [-0.4, -0.2) is 18.7 Å². The SMILES string of the molecule is CCOc1cc(CN[C@@H](Cc2cccs2)c2nccs2)ccc1OC. The molecule has 2 aromatic heterocycles. The summed E-state index contributed by atoms with van der Waals surface area (Å²) in [6, 6.07) is 10.5. The van der Waals surface area contributed by atoms with E-state index in [1.807, 2.05) is 30.6 Å². The Morgan fingerprint density at radius 3 is 2.76 bits per heavy atom. The molecule has 1 atom stereocenters. The van der Waals surface area contributed by atoms with Gasteiger partial charge in [-0.25, -0.2) is 4.98 Å². The maximum Gasteiger partial charge on any atom is 0.161 e. The van der Waals surface area contributed by atoms with Gasteiger partial charge in [0, 0.05) is 29.4 Å². The van der Waals surface area contributed by atoms with Crippen molar-refractivity contribution in [1.82, 2.24) is 10.3 Å². The lowest BCUT2D eigenvalue weighted by Crippen LogP contribution is -2.22. The van der Waals surface area contributed by atoms with E-state index in [0.717, 1.165) is 35.0 Å². The highest BCUT2D eigenvalue weighted by molar-refractivity contribution is 7.10. The molecular weight excluding hydrogens is 352 g/mol. The maximum absolute atomic E-state index is 5.67. The average molecular weight is 375 g/mol. The van der Waals surface area contributed by atoms with Crippen LogP contribution in [0.1, 0.15) is 28.4 Å². The molecule has 3 aromatic rings. The monoisotopic (exact) mass is 374 g/mol. The Labute approximate surface area is 156 Å². The Hall–Kier alpha value is -1.89. The highest BCUT2D eigenvalue weighted by Crippen LogP contribution is 2.29. The summed E-state index contributed by atoms with van der Waals surface area (Å²) in [6.07, 6.45) is 2.81. The molecule has 0 aliphatic heterocycles. The van der Waals surface area contributed by atoms with Gasteiger partial charge in [0.1, 0.15) is 5.01 Å². The van der Waals surface area contributed by atoms with Gasteiger partial charge in [0.15, 0.2) is 11.5 Å². The molecule has 0 amide bonds. The Kier molecular flexibility index (Phi) is 6.44. The third kappa shape index (κ3) is 4.81. The van der Waals surface area contributed by atoms with Crippen LogP contribution in [0.25, 0.3) is 0 Å². The average Bonchev–Trinajstić information content (AvgIpc) is 3.33. The molecule has 3 rings (SSSR count). The zero-order chi connectivity index (χ0) is 17.5. The van der Waals surface area contributed by atoms with E-state index in [9.17, 15) is 0 Å². The van der Waals surface area contributed by atoms with Gasteiger partial charge in [-0.1, -0.05) is 12.1 Å². The van der Waals surface area contributed by atoms with Gasteiger partial charge in [-0.3, -0.25) is 0 Å². The number of hydrogen-bond acceptors (Lipinski definition) is 6. The Morgan fingerprint density at radius 1 is 1.16 bits per heavy atom. The van der Waals surface area contributed by atoms with Crippen molar-refractivity contribution in [2.24, 2.45) is 0 Å². The van der Waals surface area contributed by atoms with Crippen LogP contribution in [0.3, 0.4) is 0 Å². The molecule has 0 aliphatic rings. The molecule has 25 heavy (non-hydrogen) atoms. The van der Waals surface area contributed by atoms with E-state index < -0.39 is 0 Å². The molecule has 132 valence electrons. The van der Waals surface area contributed by atoms with Gasteiger partial charge in [0.2, 0.25) is 0 Å². The summed E-state index contributed by atoms with van der Waals surface area (Å²) in [7, 11) is 1.66. The molecule has 0 unspecified atom stereocenters. The number of rotatable bonds is 9. The highest BCUT2D eigenvalue weighted by atomic mass is 32.1. The van der Waals surface area contributed by atoms with E-state index in [0.29, 0.717) is 6.61 Å². The molecule has 0 aliphatic carbocycles. The normalized spacial score (nSPS) is 12.1. The number of thiazole rings is 1. The number of methoxy groups -OCH3 is 1. The van der Waals surface area contributed by atoms with Crippen molar-refractivity contribution in [2.75, 3.05) is 13.7 Å². The van der Waals surface area contributed by atoms with Crippen LogP contribution in [0.2, 0.25) is 0 Å². The fourth-order valence-corrected chi connectivity index (χ4v) is 4.09. The first kappa shape index (κ1) is 17.9. The number of nitrogens with zero attached hydrogens (tertiary/aromatic N) is 1. The first-order valence-corrected chi connectivity index (χ1v) is 10.0. The van der Waals surface area contributed by atoms with E-state index in [1.54, 1.807) is 29.8 Å². The fourth-order valence-electron chi connectivity index (χ4n) is 2.62. The van der Waals surface area contributed by atoms with Crippen LogP contribution in [-0.2, 0) is 13.0 Å². The number of benzene rings is 1. The third-order valence-corrected chi connectivity index (χ3v) is 5.60. The number of hydrogen-bond donors (Lipinski definition) is 1. The van der Waals surface area contributed by atoms with Gasteiger partial charge < -0.3 is 14.8 Å². The standard InChI is InChI=1S/C19H22N2O2S2/c1-3-23-18-11-14(6-7-17(18)22-2)13-21-16(19-20-8-10-25-19)12-15-5-4-9-24-15/h4-11,16,21H,3,12-13H2,1-2H3/t16-/m0/s1. The van der Waals surface area contributed by atoms with Crippen molar-refractivity contribution < 1.29 is 9.47 Å². The van der Waals surface area contributed by atoms with Gasteiger partial charge in [-0.05, 0) is 36.1 Å². The lowest BCUT2D eigenvalue weighted by molar-refractivity contribution is 0.310. The van der Waals surface area contributed by atoms with E-state index in [2.05, 4.69) is 33.9 Å². The molecule has 0 saturated carbocycles. The Balaban J connectivity index is 1.71. The van der Waals surface area contributed by atoms with Crippen LogP contribution < -0.4 is 14.8 Å². The Morgan fingerprint density at radius 2 is 2.08 bits per heavy atom. The minimum Gasteiger partial charge on any atom is -0.493 e. The Bertz CT molecular complexity index is 758. The highest BCUT2D eigenvalue weighted by Gasteiger charge is 2.15. The molecule has 4 nitrogen and oxygen atoms in total. The lowest BCUT2D eigenvalue weighted by atomic mass is 10.1. The minimum atomic E-state index is 0.205. The van der Waals surface area contributed by atoms with Gasteiger partial charge in [-0.2, -0.15) is 0 Å². The van der Waals surface area contributed by atoms with E-state index >= 15 is 0 Å². The van der Waals surface area contributed by atoms with E-state index in [1.165, 1.54) is 4.88 Å². The van der Waals surface area contributed by atoms with Gasteiger partial charge in [0.25, 0.3) is 0 Å². The third-order valence-electron chi connectivity index (χ3n) is 3.82.